The van der Waals surface area contributed by atoms with Gasteiger partial charge in [0.25, 0.3) is 15.9 Å². The van der Waals surface area contributed by atoms with Crippen molar-refractivity contribution >= 4 is 33.2 Å². The molecule has 9 heteroatoms. The minimum atomic E-state index is -3.96. The quantitative estimate of drug-likeness (QED) is 0.569. The standard InChI is InChI=1S/C22H20ClFN2O4S/c1-26(16-7-9-17(30-2)10-8-16)31(28,29)18-11-12-20(23)19(13-18)22(27)25-14-15-5-3-4-6-21(15)24/h3-13H,14H2,1-2H3,(H,25,27). The smallest absolute Gasteiger partial charge is 0.264 e. The summed E-state index contributed by atoms with van der Waals surface area (Å²) in [6.45, 7) is -0.0649. The van der Waals surface area contributed by atoms with E-state index < -0.39 is 21.7 Å². The molecule has 0 radical (unpaired) electrons. The largest absolute Gasteiger partial charge is 0.497 e. The van der Waals surface area contributed by atoms with Crippen molar-refractivity contribution in [3.05, 3.63) is 88.7 Å². The molecule has 0 aromatic heterocycles. The van der Waals surface area contributed by atoms with Gasteiger partial charge in [-0.25, -0.2) is 12.8 Å². The second-order valence-electron chi connectivity index (χ2n) is 6.59. The van der Waals surface area contributed by atoms with Gasteiger partial charge in [0.15, 0.2) is 0 Å². The molecule has 162 valence electrons. The summed E-state index contributed by atoms with van der Waals surface area (Å²) in [5.41, 5.74) is 0.693. The molecule has 3 aromatic rings. The number of anilines is 1. The first-order valence-electron chi connectivity index (χ1n) is 9.18. The molecule has 6 nitrogen and oxygen atoms in total. The Balaban J connectivity index is 1.84. The summed E-state index contributed by atoms with van der Waals surface area (Å²) in [6.07, 6.45) is 0. The maximum atomic E-state index is 13.8. The van der Waals surface area contributed by atoms with E-state index in [1.807, 2.05) is 0 Å². The van der Waals surface area contributed by atoms with Crippen LogP contribution in [0.5, 0.6) is 5.75 Å². The van der Waals surface area contributed by atoms with Gasteiger partial charge in [-0.2, -0.15) is 0 Å². The van der Waals surface area contributed by atoms with Crippen molar-refractivity contribution in [1.29, 1.82) is 0 Å². The predicted octanol–water partition coefficient (Wildman–Crippen LogP) is 4.24. The zero-order chi connectivity index (χ0) is 22.6. The van der Waals surface area contributed by atoms with Crippen LogP contribution in [-0.2, 0) is 16.6 Å². The lowest BCUT2D eigenvalue weighted by molar-refractivity contribution is 0.0950. The predicted molar refractivity (Wildman–Crippen MR) is 118 cm³/mol. The maximum Gasteiger partial charge on any atom is 0.264 e. The van der Waals surface area contributed by atoms with Crippen molar-refractivity contribution in [2.45, 2.75) is 11.4 Å². The molecule has 0 spiro atoms. The molecule has 1 N–H and O–H groups in total. The zero-order valence-electron chi connectivity index (χ0n) is 16.8. The number of nitrogens with zero attached hydrogens (tertiary/aromatic N) is 1. The van der Waals surface area contributed by atoms with E-state index in [9.17, 15) is 17.6 Å². The molecule has 0 saturated carbocycles. The lowest BCUT2D eigenvalue weighted by Gasteiger charge is -2.20. The highest BCUT2D eigenvalue weighted by molar-refractivity contribution is 7.92. The van der Waals surface area contributed by atoms with E-state index in [2.05, 4.69) is 5.32 Å². The number of methoxy groups -OCH3 is 1. The molecule has 31 heavy (non-hydrogen) atoms. The van der Waals surface area contributed by atoms with Gasteiger partial charge in [-0.1, -0.05) is 29.8 Å². The summed E-state index contributed by atoms with van der Waals surface area (Å²) in [4.78, 5) is 12.5. The van der Waals surface area contributed by atoms with Gasteiger partial charge < -0.3 is 10.1 Å². The van der Waals surface area contributed by atoms with E-state index >= 15 is 0 Å². The van der Waals surface area contributed by atoms with Crippen LogP contribution in [0.15, 0.2) is 71.6 Å². The van der Waals surface area contributed by atoms with E-state index in [-0.39, 0.29) is 22.0 Å². The Morgan fingerprint density at radius 1 is 1.10 bits per heavy atom. The first kappa shape index (κ1) is 22.6. The molecule has 0 unspecified atom stereocenters. The molecule has 3 rings (SSSR count). The summed E-state index contributed by atoms with van der Waals surface area (Å²) in [5.74, 6) is -0.474. The van der Waals surface area contributed by atoms with Crippen LogP contribution in [0.2, 0.25) is 5.02 Å². The number of carbonyl (C=O) groups excluding carboxylic acids is 1. The number of hydrogen-bond acceptors (Lipinski definition) is 4. The van der Waals surface area contributed by atoms with Crippen LogP contribution < -0.4 is 14.4 Å². The van der Waals surface area contributed by atoms with Crippen LogP contribution in [0.3, 0.4) is 0 Å². The van der Waals surface area contributed by atoms with Crippen molar-refractivity contribution in [2.24, 2.45) is 0 Å². The SMILES string of the molecule is COc1ccc(N(C)S(=O)(=O)c2ccc(Cl)c(C(=O)NCc3ccccc3F)c2)cc1. The maximum absolute atomic E-state index is 13.8. The van der Waals surface area contributed by atoms with Crippen molar-refractivity contribution < 1.29 is 22.3 Å². The Hall–Kier alpha value is -3.10. The van der Waals surface area contributed by atoms with Gasteiger partial charge in [-0.05, 0) is 48.5 Å². The van der Waals surface area contributed by atoms with Gasteiger partial charge in [0.1, 0.15) is 11.6 Å². The molecule has 1 amide bonds. The molecule has 0 heterocycles. The molecule has 0 aliphatic carbocycles. The summed E-state index contributed by atoms with van der Waals surface area (Å²) in [5, 5.41) is 2.64. The summed E-state index contributed by atoms with van der Waals surface area (Å²) >= 11 is 6.13. The first-order chi connectivity index (χ1) is 14.7. The number of halogens is 2. The van der Waals surface area contributed by atoms with Crippen LogP contribution in [0, 0.1) is 5.82 Å². The van der Waals surface area contributed by atoms with Crippen molar-refractivity contribution in [3.63, 3.8) is 0 Å². The number of nitrogens with one attached hydrogen (secondary N) is 1. The van der Waals surface area contributed by atoms with Gasteiger partial charge in [0, 0.05) is 19.2 Å². The highest BCUT2D eigenvalue weighted by Gasteiger charge is 2.24. The first-order valence-corrected chi connectivity index (χ1v) is 11.0. The minimum Gasteiger partial charge on any atom is -0.497 e. The highest BCUT2D eigenvalue weighted by Crippen LogP contribution is 2.27. The molecule has 0 aliphatic heterocycles. The summed E-state index contributed by atoms with van der Waals surface area (Å²) < 4.78 is 46.1. The van der Waals surface area contributed by atoms with Crippen LogP contribution in [0.25, 0.3) is 0 Å². The van der Waals surface area contributed by atoms with Gasteiger partial charge in [0.05, 0.1) is 28.3 Å². The van der Waals surface area contributed by atoms with Crippen LogP contribution in [-0.4, -0.2) is 28.5 Å². The summed E-state index contributed by atoms with van der Waals surface area (Å²) in [7, 11) is -1.04. The van der Waals surface area contributed by atoms with E-state index in [1.54, 1.807) is 42.5 Å². The number of ether oxygens (including phenoxy) is 1. The lowest BCUT2D eigenvalue weighted by Crippen LogP contribution is -2.28. The fourth-order valence-corrected chi connectivity index (χ4v) is 4.27. The Kier molecular flexibility index (Phi) is 6.82. The number of rotatable bonds is 7. The number of amides is 1. The topological polar surface area (TPSA) is 75.7 Å². The monoisotopic (exact) mass is 462 g/mol. The van der Waals surface area contributed by atoms with Gasteiger partial charge >= 0.3 is 0 Å². The fourth-order valence-electron chi connectivity index (χ4n) is 2.84. The second-order valence-corrected chi connectivity index (χ2v) is 8.96. The Bertz CT molecular complexity index is 1200. The zero-order valence-corrected chi connectivity index (χ0v) is 18.4. The van der Waals surface area contributed by atoms with Gasteiger partial charge in [0.2, 0.25) is 0 Å². The van der Waals surface area contributed by atoms with Crippen molar-refractivity contribution in [3.8, 4) is 5.75 Å². The minimum absolute atomic E-state index is 0.0257. The molecule has 0 bridgehead atoms. The highest BCUT2D eigenvalue weighted by atomic mass is 35.5. The van der Waals surface area contributed by atoms with Gasteiger partial charge in [-0.3, -0.25) is 9.10 Å². The second kappa shape index (κ2) is 9.36. The Morgan fingerprint density at radius 2 is 1.77 bits per heavy atom. The van der Waals surface area contributed by atoms with Crippen molar-refractivity contribution in [1.82, 2.24) is 5.32 Å². The van der Waals surface area contributed by atoms with E-state index in [1.165, 1.54) is 38.4 Å². The van der Waals surface area contributed by atoms with Crippen LogP contribution >= 0.6 is 11.6 Å². The Labute approximate surface area is 185 Å². The third-order valence-electron chi connectivity index (χ3n) is 4.67. The number of hydrogen-bond donors (Lipinski definition) is 1. The number of carbonyl (C=O) groups is 1. The van der Waals surface area contributed by atoms with E-state index in [0.717, 1.165) is 4.31 Å². The molecule has 0 saturated heterocycles. The molecule has 0 fully saturated rings. The summed E-state index contributed by atoms with van der Waals surface area (Å²) in [6, 6.07) is 16.4. The molecule has 0 atom stereocenters. The third kappa shape index (κ3) is 4.98. The van der Waals surface area contributed by atoms with Crippen LogP contribution in [0.1, 0.15) is 15.9 Å². The van der Waals surface area contributed by atoms with E-state index in [0.29, 0.717) is 17.0 Å². The third-order valence-corrected chi connectivity index (χ3v) is 6.79. The fraction of sp³-hybridized carbons (Fsp3) is 0.136. The molecular formula is C22H20ClFN2O4S. The molecule has 3 aromatic carbocycles. The molecular weight excluding hydrogens is 443 g/mol. The number of benzene rings is 3. The lowest BCUT2D eigenvalue weighted by atomic mass is 10.2. The normalized spacial score (nSPS) is 11.1. The number of sulfonamides is 1. The van der Waals surface area contributed by atoms with Crippen molar-refractivity contribution in [2.75, 3.05) is 18.5 Å². The van der Waals surface area contributed by atoms with Crippen LogP contribution in [0.4, 0.5) is 10.1 Å². The van der Waals surface area contributed by atoms with Gasteiger partial charge in [-0.15, -0.1) is 0 Å². The average molecular weight is 463 g/mol. The molecule has 0 aliphatic rings. The Morgan fingerprint density at radius 3 is 2.42 bits per heavy atom. The average Bonchev–Trinajstić information content (AvgIpc) is 2.78. The van der Waals surface area contributed by atoms with E-state index in [4.69, 9.17) is 16.3 Å².